The minimum absolute atomic E-state index is 0.266. The average molecular weight is 269 g/mol. The van der Waals surface area contributed by atoms with Crippen LogP contribution in [-0.4, -0.2) is 19.7 Å². The van der Waals surface area contributed by atoms with Crippen molar-refractivity contribution in [1.29, 1.82) is 0 Å². The maximum absolute atomic E-state index is 5.98. The lowest BCUT2D eigenvalue weighted by Crippen LogP contribution is -1.98. The van der Waals surface area contributed by atoms with E-state index in [0.29, 0.717) is 5.15 Å². The molecule has 4 nitrogen and oxygen atoms in total. The van der Waals surface area contributed by atoms with Gasteiger partial charge in [-0.15, -0.1) is 0 Å². The molecule has 0 aliphatic carbocycles. The lowest BCUT2D eigenvalue weighted by Gasteiger charge is -2.06. The van der Waals surface area contributed by atoms with Crippen LogP contribution in [0.4, 0.5) is 0 Å². The second-order valence-corrected chi connectivity index (χ2v) is 5.47. The molecule has 0 saturated heterocycles. The summed E-state index contributed by atoms with van der Waals surface area (Å²) in [6.07, 6.45) is 3.74. The van der Waals surface area contributed by atoms with Crippen LogP contribution in [0.15, 0.2) is 28.4 Å². The van der Waals surface area contributed by atoms with Gasteiger partial charge in [-0.1, -0.05) is 37.2 Å². The zero-order valence-corrected chi connectivity index (χ0v) is 11.5. The first-order valence-electron chi connectivity index (χ1n) is 5.25. The van der Waals surface area contributed by atoms with Crippen LogP contribution >= 0.6 is 23.4 Å². The number of hydrogen-bond acceptors (Lipinski definition) is 4. The van der Waals surface area contributed by atoms with Gasteiger partial charge in [-0.2, -0.15) is 5.10 Å². The summed E-state index contributed by atoms with van der Waals surface area (Å²) in [6, 6.07) is 1.77. The quantitative estimate of drug-likeness (QED) is 0.802. The van der Waals surface area contributed by atoms with Gasteiger partial charge in [0.15, 0.2) is 0 Å². The first-order chi connectivity index (χ1) is 8.04. The fourth-order valence-corrected chi connectivity index (χ4v) is 2.41. The van der Waals surface area contributed by atoms with Crippen molar-refractivity contribution in [2.75, 3.05) is 0 Å². The van der Waals surface area contributed by atoms with Crippen molar-refractivity contribution in [2.24, 2.45) is 7.05 Å². The van der Waals surface area contributed by atoms with Gasteiger partial charge in [0.05, 0.1) is 11.1 Å². The van der Waals surface area contributed by atoms with E-state index < -0.39 is 0 Å². The number of hydrogen-bond donors (Lipinski definition) is 0. The molecule has 2 aromatic rings. The van der Waals surface area contributed by atoms with E-state index in [1.54, 1.807) is 16.9 Å². The van der Waals surface area contributed by atoms with Gasteiger partial charge in [0.1, 0.15) is 16.0 Å². The lowest BCUT2D eigenvalue weighted by atomic mass is 10.2. The molecular formula is C11H13ClN4S. The molecule has 0 aliphatic heterocycles. The smallest absolute Gasteiger partial charge is 0.133 e. The van der Waals surface area contributed by atoms with Crippen LogP contribution in [0.2, 0.25) is 5.15 Å². The van der Waals surface area contributed by atoms with Crippen molar-refractivity contribution in [3.63, 3.8) is 0 Å². The van der Waals surface area contributed by atoms with E-state index in [9.17, 15) is 0 Å². The molecule has 0 spiro atoms. The molecule has 0 radical (unpaired) electrons. The van der Waals surface area contributed by atoms with Gasteiger partial charge >= 0.3 is 0 Å². The summed E-state index contributed by atoms with van der Waals surface area (Å²) in [5.74, 6) is 1.03. The Morgan fingerprint density at radius 1 is 1.35 bits per heavy atom. The molecule has 2 heterocycles. The van der Waals surface area contributed by atoms with Gasteiger partial charge in [-0.05, 0) is 0 Å². The predicted octanol–water partition coefficient (Wildman–Crippen LogP) is 3.14. The van der Waals surface area contributed by atoms with Crippen molar-refractivity contribution in [3.05, 3.63) is 29.4 Å². The third kappa shape index (κ3) is 3.20. The average Bonchev–Trinajstić information content (AvgIpc) is 2.63. The molecule has 0 aliphatic rings. The Labute approximate surface area is 109 Å². The largest absolute Gasteiger partial charge is 0.275 e. The SMILES string of the molecule is CC(C)c1nc(Cl)cc(Sc2cnn(C)c2)n1. The van der Waals surface area contributed by atoms with Crippen LogP contribution in [0.25, 0.3) is 0 Å². The molecule has 0 bridgehead atoms. The molecule has 6 heteroatoms. The van der Waals surface area contributed by atoms with Crippen LogP contribution in [-0.2, 0) is 7.05 Å². The Morgan fingerprint density at radius 3 is 2.71 bits per heavy atom. The summed E-state index contributed by atoms with van der Waals surface area (Å²) in [5.41, 5.74) is 0. The molecule has 0 fully saturated rings. The molecule has 0 atom stereocenters. The molecule has 0 aromatic carbocycles. The Kier molecular flexibility index (Phi) is 3.69. The number of nitrogens with zero attached hydrogens (tertiary/aromatic N) is 4. The van der Waals surface area contributed by atoms with Crippen molar-refractivity contribution in [3.8, 4) is 0 Å². The molecule has 2 rings (SSSR count). The fourth-order valence-electron chi connectivity index (χ4n) is 1.30. The molecule has 0 N–H and O–H groups in total. The van der Waals surface area contributed by atoms with Gasteiger partial charge in [-0.3, -0.25) is 4.68 Å². The van der Waals surface area contributed by atoms with Crippen LogP contribution in [0.3, 0.4) is 0 Å². The zero-order chi connectivity index (χ0) is 12.4. The first-order valence-corrected chi connectivity index (χ1v) is 6.45. The summed E-state index contributed by atoms with van der Waals surface area (Å²) in [6.45, 7) is 4.09. The van der Waals surface area contributed by atoms with Crippen molar-refractivity contribution >= 4 is 23.4 Å². The third-order valence-electron chi connectivity index (χ3n) is 2.11. The van der Waals surface area contributed by atoms with E-state index >= 15 is 0 Å². The Morgan fingerprint density at radius 2 is 2.12 bits per heavy atom. The first kappa shape index (κ1) is 12.4. The highest BCUT2D eigenvalue weighted by Crippen LogP contribution is 2.27. The Bertz CT molecular complexity index is 524. The molecule has 2 aromatic heterocycles. The fraction of sp³-hybridized carbons (Fsp3) is 0.364. The normalized spacial score (nSPS) is 11.1. The Hall–Kier alpha value is -1.07. The van der Waals surface area contributed by atoms with Crippen molar-refractivity contribution in [1.82, 2.24) is 19.7 Å². The van der Waals surface area contributed by atoms with E-state index in [2.05, 4.69) is 15.1 Å². The van der Waals surface area contributed by atoms with E-state index in [4.69, 9.17) is 11.6 Å². The zero-order valence-electron chi connectivity index (χ0n) is 9.88. The van der Waals surface area contributed by atoms with Gasteiger partial charge in [-0.25, -0.2) is 9.97 Å². The second kappa shape index (κ2) is 5.06. The van der Waals surface area contributed by atoms with E-state index in [1.807, 2.05) is 27.1 Å². The second-order valence-electron chi connectivity index (χ2n) is 3.99. The van der Waals surface area contributed by atoms with E-state index in [0.717, 1.165) is 15.7 Å². The number of aromatic nitrogens is 4. The van der Waals surface area contributed by atoms with Crippen LogP contribution in [0, 0.1) is 0 Å². The molecule has 0 saturated carbocycles. The number of rotatable bonds is 3. The summed E-state index contributed by atoms with van der Waals surface area (Å²) in [7, 11) is 1.89. The number of aryl methyl sites for hydroxylation is 1. The highest BCUT2D eigenvalue weighted by molar-refractivity contribution is 7.99. The molecule has 0 unspecified atom stereocenters. The third-order valence-corrected chi connectivity index (χ3v) is 3.17. The van der Waals surface area contributed by atoms with Crippen molar-refractivity contribution < 1.29 is 0 Å². The molecular weight excluding hydrogens is 256 g/mol. The van der Waals surface area contributed by atoms with Gasteiger partial charge < -0.3 is 0 Å². The van der Waals surface area contributed by atoms with E-state index in [1.165, 1.54) is 11.8 Å². The van der Waals surface area contributed by atoms with Gasteiger partial charge in [0.25, 0.3) is 0 Å². The monoisotopic (exact) mass is 268 g/mol. The minimum Gasteiger partial charge on any atom is -0.275 e. The lowest BCUT2D eigenvalue weighted by molar-refractivity contribution is 0.753. The molecule has 90 valence electrons. The van der Waals surface area contributed by atoms with Crippen LogP contribution < -0.4 is 0 Å². The van der Waals surface area contributed by atoms with Crippen LogP contribution in [0.5, 0.6) is 0 Å². The van der Waals surface area contributed by atoms with Crippen molar-refractivity contribution in [2.45, 2.75) is 29.7 Å². The van der Waals surface area contributed by atoms with E-state index in [-0.39, 0.29) is 5.92 Å². The highest BCUT2D eigenvalue weighted by Gasteiger charge is 2.08. The maximum atomic E-state index is 5.98. The predicted molar refractivity (Wildman–Crippen MR) is 68.5 cm³/mol. The van der Waals surface area contributed by atoms with Gasteiger partial charge in [0, 0.05) is 25.2 Å². The summed E-state index contributed by atoms with van der Waals surface area (Å²) >= 11 is 7.52. The topological polar surface area (TPSA) is 43.6 Å². The molecule has 17 heavy (non-hydrogen) atoms. The van der Waals surface area contributed by atoms with Gasteiger partial charge in [0.2, 0.25) is 0 Å². The van der Waals surface area contributed by atoms with Crippen LogP contribution in [0.1, 0.15) is 25.6 Å². The summed E-state index contributed by atoms with van der Waals surface area (Å²) < 4.78 is 1.76. The molecule has 0 amide bonds. The summed E-state index contributed by atoms with van der Waals surface area (Å²) in [4.78, 5) is 9.71. The number of halogens is 1. The standard InChI is InChI=1S/C11H13ClN4S/c1-7(2)11-14-9(12)4-10(15-11)17-8-5-13-16(3)6-8/h4-7H,1-3H3. The summed E-state index contributed by atoms with van der Waals surface area (Å²) in [5, 5.41) is 5.44. The maximum Gasteiger partial charge on any atom is 0.133 e. The Balaban J connectivity index is 2.26. The highest BCUT2D eigenvalue weighted by atomic mass is 35.5. The minimum atomic E-state index is 0.266.